The minimum Gasteiger partial charge on any atom is -0.464 e. The van der Waals surface area contributed by atoms with E-state index in [4.69, 9.17) is 4.74 Å². The Bertz CT molecular complexity index is 627. The molecule has 0 unspecified atom stereocenters. The lowest BCUT2D eigenvalue weighted by Crippen LogP contribution is -2.16. The molecule has 0 amide bonds. The van der Waals surface area contributed by atoms with Gasteiger partial charge in [0.05, 0.1) is 7.11 Å². The number of aromatic nitrogens is 1. The number of carbonyl (C=O) groups is 1. The van der Waals surface area contributed by atoms with Crippen LogP contribution in [0.3, 0.4) is 0 Å². The summed E-state index contributed by atoms with van der Waals surface area (Å²) in [6.07, 6.45) is 0. The number of ether oxygens (including phenoxy) is 1. The fourth-order valence-corrected chi connectivity index (χ4v) is 3.05. The zero-order chi connectivity index (χ0) is 14.7. The van der Waals surface area contributed by atoms with Gasteiger partial charge in [-0.2, -0.15) is 0 Å². The van der Waals surface area contributed by atoms with Gasteiger partial charge in [-0.15, -0.1) is 11.3 Å². The lowest BCUT2D eigenvalue weighted by atomic mass is 10.2. The Morgan fingerprint density at radius 2 is 2.15 bits per heavy atom. The molecule has 1 heterocycles. The van der Waals surface area contributed by atoms with Crippen LogP contribution < -0.4 is 4.90 Å². The van der Waals surface area contributed by atoms with E-state index in [1.54, 1.807) is 0 Å². The van der Waals surface area contributed by atoms with Gasteiger partial charge >= 0.3 is 5.97 Å². The van der Waals surface area contributed by atoms with E-state index >= 15 is 0 Å². The molecule has 1 aromatic carbocycles. The van der Waals surface area contributed by atoms with Crippen molar-refractivity contribution in [2.24, 2.45) is 0 Å². The molecule has 20 heavy (non-hydrogen) atoms. The van der Waals surface area contributed by atoms with Gasteiger partial charge in [-0.1, -0.05) is 34.1 Å². The first kappa shape index (κ1) is 15.0. The number of thiazole rings is 1. The lowest BCUT2D eigenvalue weighted by molar-refractivity contribution is 0.0594. The number of rotatable bonds is 4. The zero-order valence-electron chi connectivity index (χ0n) is 11.5. The monoisotopic (exact) mass is 354 g/mol. The third-order valence-electron chi connectivity index (χ3n) is 2.86. The number of aryl methyl sites for hydroxylation is 1. The average Bonchev–Trinajstić information content (AvgIpc) is 2.82. The van der Waals surface area contributed by atoms with Crippen LogP contribution in [0.1, 0.15) is 20.9 Å². The van der Waals surface area contributed by atoms with Crippen LogP contribution in [0.4, 0.5) is 5.13 Å². The SMILES string of the molecule is COC(=O)c1nc(N(C)Cc2ccccc2Br)sc1C. The number of benzene rings is 1. The molecule has 1 aromatic heterocycles. The molecule has 0 N–H and O–H groups in total. The molecule has 0 aliphatic rings. The first-order valence-electron chi connectivity index (χ1n) is 6.03. The first-order valence-corrected chi connectivity index (χ1v) is 7.64. The molecule has 2 aromatic rings. The van der Waals surface area contributed by atoms with E-state index in [0.29, 0.717) is 5.69 Å². The van der Waals surface area contributed by atoms with E-state index in [0.717, 1.165) is 21.0 Å². The minimum atomic E-state index is -0.390. The highest BCUT2D eigenvalue weighted by Gasteiger charge is 2.18. The average molecular weight is 355 g/mol. The van der Waals surface area contributed by atoms with Gasteiger partial charge in [0.15, 0.2) is 10.8 Å². The van der Waals surface area contributed by atoms with E-state index in [1.807, 2.05) is 37.1 Å². The highest BCUT2D eigenvalue weighted by molar-refractivity contribution is 9.10. The van der Waals surface area contributed by atoms with Crippen LogP contribution in [0.15, 0.2) is 28.7 Å². The molecule has 0 bridgehead atoms. The highest BCUT2D eigenvalue weighted by Crippen LogP contribution is 2.27. The van der Waals surface area contributed by atoms with Gasteiger partial charge in [-0.25, -0.2) is 9.78 Å². The topological polar surface area (TPSA) is 42.4 Å². The van der Waals surface area contributed by atoms with Crippen molar-refractivity contribution in [3.05, 3.63) is 44.9 Å². The maximum Gasteiger partial charge on any atom is 0.357 e. The highest BCUT2D eigenvalue weighted by atomic mass is 79.9. The predicted octanol–water partition coefficient (Wildman–Crippen LogP) is 3.64. The summed E-state index contributed by atoms with van der Waals surface area (Å²) in [6, 6.07) is 8.05. The van der Waals surface area contributed by atoms with E-state index in [-0.39, 0.29) is 5.97 Å². The Balaban J connectivity index is 2.20. The van der Waals surface area contributed by atoms with Crippen molar-refractivity contribution in [1.82, 2.24) is 4.98 Å². The molecule has 2 rings (SSSR count). The molecule has 0 saturated carbocycles. The predicted molar refractivity (Wildman–Crippen MR) is 84.4 cm³/mol. The van der Waals surface area contributed by atoms with E-state index in [1.165, 1.54) is 24.0 Å². The Labute approximate surface area is 130 Å². The summed E-state index contributed by atoms with van der Waals surface area (Å²) in [5.41, 5.74) is 1.56. The first-order chi connectivity index (χ1) is 9.52. The molecule has 0 atom stereocenters. The number of methoxy groups -OCH3 is 1. The van der Waals surface area contributed by atoms with E-state index in [2.05, 4.69) is 27.0 Å². The molecule has 0 fully saturated rings. The number of nitrogens with zero attached hydrogens (tertiary/aromatic N) is 2. The normalized spacial score (nSPS) is 10.4. The Hall–Kier alpha value is -1.40. The molecule has 0 aliphatic carbocycles. The van der Waals surface area contributed by atoms with Gasteiger partial charge in [0.2, 0.25) is 0 Å². The largest absolute Gasteiger partial charge is 0.464 e. The van der Waals surface area contributed by atoms with Gasteiger partial charge in [-0.3, -0.25) is 0 Å². The van der Waals surface area contributed by atoms with Crippen molar-refractivity contribution in [3.8, 4) is 0 Å². The van der Waals surface area contributed by atoms with E-state index in [9.17, 15) is 4.79 Å². The minimum absolute atomic E-state index is 0.390. The fraction of sp³-hybridized carbons (Fsp3) is 0.286. The molecular formula is C14H15BrN2O2S. The Morgan fingerprint density at radius 1 is 1.45 bits per heavy atom. The molecule has 0 aliphatic heterocycles. The summed E-state index contributed by atoms with van der Waals surface area (Å²) >= 11 is 5.02. The van der Waals surface area contributed by atoms with Crippen LogP contribution in [-0.2, 0) is 11.3 Å². The van der Waals surface area contributed by atoms with Crippen LogP contribution in [0.5, 0.6) is 0 Å². The molecule has 106 valence electrons. The van der Waals surface area contributed by atoms with Gasteiger partial charge in [0.1, 0.15) is 0 Å². The zero-order valence-corrected chi connectivity index (χ0v) is 13.9. The smallest absolute Gasteiger partial charge is 0.357 e. The summed E-state index contributed by atoms with van der Waals surface area (Å²) < 4.78 is 5.79. The number of anilines is 1. The summed E-state index contributed by atoms with van der Waals surface area (Å²) in [5, 5.41) is 0.804. The lowest BCUT2D eigenvalue weighted by Gasteiger charge is -2.16. The van der Waals surface area contributed by atoms with Gasteiger partial charge < -0.3 is 9.64 Å². The Morgan fingerprint density at radius 3 is 2.80 bits per heavy atom. The van der Waals surface area contributed by atoms with Gasteiger partial charge in [0, 0.05) is 22.9 Å². The van der Waals surface area contributed by atoms with Crippen LogP contribution in [-0.4, -0.2) is 25.1 Å². The second-order valence-corrected chi connectivity index (χ2v) is 6.38. The third kappa shape index (κ3) is 3.19. The van der Waals surface area contributed by atoms with Crippen LogP contribution in [0.2, 0.25) is 0 Å². The van der Waals surface area contributed by atoms with Crippen molar-refractivity contribution >= 4 is 38.4 Å². The number of hydrogen-bond donors (Lipinski definition) is 0. The summed E-state index contributed by atoms with van der Waals surface area (Å²) in [5.74, 6) is -0.390. The summed E-state index contributed by atoms with van der Waals surface area (Å²) in [7, 11) is 3.32. The van der Waals surface area contributed by atoms with Crippen LogP contribution in [0.25, 0.3) is 0 Å². The second-order valence-electron chi connectivity index (χ2n) is 4.34. The molecule has 0 spiro atoms. The maximum absolute atomic E-state index is 11.6. The van der Waals surface area contributed by atoms with Crippen LogP contribution >= 0.6 is 27.3 Å². The molecule has 4 nitrogen and oxygen atoms in total. The van der Waals surface area contributed by atoms with Gasteiger partial charge in [0.25, 0.3) is 0 Å². The van der Waals surface area contributed by atoms with Gasteiger partial charge in [-0.05, 0) is 18.6 Å². The van der Waals surface area contributed by atoms with Crippen molar-refractivity contribution in [2.45, 2.75) is 13.5 Å². The number of esters is 1. The molecule has 0 radical (unpaired) electrons. The number of hydrogen-bond acceptors (Lipinski definition) is 5. The summed E-state index contributed by atoms with van der Waals surface area (Å²) in [6.45, 7) is 2.59. The standard InChI is InChI=1S/C14H15BrN2O2S/c1-9-12(13(18)19-3)16-14(20-9)17(2)8-10-6-4-5-7-11(10)15/h4-7H,8H2,1-3H3. The van der Waals surface area contributed by atoms with Crippen molar-refractivity contribution in [2.75, 3.05) is 19.1 Å². The molecular weight excluding hydrogens is 340 g/mol. The van der Waals surface area contributed by atoms with Crippen molar-refractivity contribution in [3.63, 3.8) is 0 Å². The van der Waals surface area contributed by atoms with Crippen LogP contribution in [0, 0.1) is 6.92 Å². The fourth-order valence-electron chi connectivity index (χ4n) is 1.78. The Kier molecular flexibility index (Phi) is 4.77. The third-order valence-corrected chi connectivity index (χ3v) is 4.71. The summed E-state index contributed by atoms with van der Waals surface area (Å²) in [4.78, 5) is 18.8. The number of carbonyl (C=O) groups excluding carboxylic acids is 1. The molecule has 6 heteroatoms. The van der Waals surface area contributed by atoms with Crippen molar-refractivity contribution < 1.29 is 9.53 Å². The second kappa shape index (κ2) is 6.37. The van der Waals surface area contributed by atoms with Crippen molar-refractivity contribution in [1.29, 1.82) is 0 Å². The quantitative estimate of drug-likeness (QED) is 0.786. The maximum atomic E-state index is 11.6. The van der Waals surface area contributed by atoms with E-state index < -0.39 is 0 Å². The molecule has 0 saturated heterocycles. The number of halogens is 1.